The number of methoxy groups -OCH3 is 1. The van der Waals surface area contributed by atoms with Crippen molar-refractivity contribution in [1.82, 2.24) is 10.2 Å². The summed E-state index contributed by atoms with van der Waals surface area (Å²) in [5, 5.41) is 15.4. The van der Waals surface area contributed by atoms with E-state index in [2.05, 4.69) is 10.2 Å². The number of carboxylic acid groups (broad SMARTS) is 1. The highest BCUT2D eigenvalue weighted by atomic mass is 16.5. The lowest BCUT2D eigenvalue weighted by molar-refractivity contribution is 0.0698. The van der Waals surface area contributed by atoms with Crippen molar-refractivity contribution in [3.8, 4) is 11.3 Å². The van der Waals surface area contributed by atoms with Crippen molar-refractivity contribution in [2.75, 3.05) is 7.11 Å². The number of hydrogen-bond acceptors (Lipinski definition) is 3. The third-order valence-electron chi connectivity index (χ3n) is 2.42. The minimum Gasteiger partial charge on any atom is -0.478 e. The molecule has 5 nitrogen and oxygen atoms in total. The molecule has 2 aromatic rings. The van der Waals surface area contributed by atoms with Gasteiger partial charge < -0.3 is 9.84 Å². The molecule has 0 aliphatic rings. The van der Waals surface area contributed by atoms with Gasteiger partial charge in [-0.2, -0.15) is 5.10 Å². The number of aromatic amines is 1. The van der Waals surface area contributed by atoms with Gasteiger partial charge in [0, 0.05) is 12.7 Å². The van der Waals surface area contributed by atoms with Crippen LogP contribution in [0, 0.1) is 0 Å². The van der Waals surface area contributed by atoms with E-state index < -0.39 is 5.97 Å². The van der Waals surface area contributed by atoms with E-state index >= 15 is 0 Å². The van der Waals surface area contributed by atoms with Gasteiger partial charge in [-0.15, -0.1) is 0 Å². The maximum absolute atomic E-state index is 10.9. The molecule has 0 aliphatic carbocycles. The third-order valence-corrected chi connectivity index (χ3v) is 2.42. The minimum absolute atomic E-state index is 0.171. The number of carbonyl (C=O) groups is 1. The summed E-state index contributed by atoms with van der Waals surface area (Å²) in [6.07, 6.45) is 1.31. The molecule has 0 unspecified atom stereocenters. The fourth-order valence-electron chi connectivity index (χ4n) is 1.60. The summed E-state index contributed by atoms with van der Waals surface area (Å²) < 4.78 is 5.01. The smallest absolute Gasteiger partial charge is 0.339 e. The van der Waals surface area contributed by atoms with Gasteiger partial charge in [-0.3, -0.25) is 5.10 Å². The fraction of sp³-hybridized carbons (Fsp3) is 0.167. The van der Waals surface area contributed by atoms with Crippen LogP contribution in [0.1, 0.15) is 15.9 Å². The summed E-state index contributed by atoms with van der Waals surface area (Å²) in [6, 6.07) is 7.47. The van der Waals surface area contributed by atoms with Gasteiger partial charge in [0.1, 0.15) is 5.56 Å². The molecule has 2 N–H and O–H groups in total. The fourth-order valence-corrected chi connectivity index (χ4v) is 1.60. The lowest BCUT2D eigenvalue weighted by Gasteiger charge is -2.02. The van der Waals surface area contributed by atoms with Crippen molar-refractivity contribution in [2.45, 2.75) is 6.61 Å². The van der Waals surface area contributed by atoms with E-state index in [1.807, 2.05) is 24.3 Å². The Bertz CT molecular complexity index is 517. The zero-order valence-corrected chi connectivity index (χ0v) is 9.30. The van der Waals surface area contributed by atoms with Crippen LogP contribution in [0.25, 0.3) is 11.3 Å². The molecule has 1 aromatic carbocycles. The number of nitrogens with zero attached hydrogens (tertiary/aromatic N) is 1. The predicted molar refractivity (Wildman–Crippen MR) is 61.7 cm³/mol. The molecule has 2 rings (SSSR count). The first-order chi connectivity index (χ1) is 8.22. The largest absolute Gasteiger partial charge is 0.478 e. The lowest BCUT2D eigenvalue weighted by atomic mass is 10.1. The standard InChI is InChI=1S/C12H12N2O3/c1-17-7-8-2-4-9(5-3-8)11-10(12(15)16)6-13-14-11/h2-6H,7H2,1H3,(H,13,14)(H,15,16). The maximum atomic E-state index is 10.9. The van der Waals surface area contributed by atoms with Crippen LogP contribution in [-0.4, -0.2) is 28.4 Å². The van der Waals surface area contributed by atoms with Crippen LogP contribution in [-0.2, 0) is 11.3 Å². The second-order valence-electron chi connectivity index (χ2n) is 3.59. The van der Waals surface area contributed by atoms with Gasteiger partial charge in [-0.1, -0.05) is 24.3 Å². The van der Waals surface area contributed by atoms with Crippen molar-refractivity contribution >= 4 is 5.97 Å². The average molecular weight is 232 g/mol. The van der Waals surface area contributed by atoms with Crippen molar-refractivity contribution in [1.29, 1.82) is 0 Å². The molecule has 88 valence electrons. The van der Waals surface area contributed by atoms with Crippen LogP contribution >= 0.6 is 0 Å². The van der Waals surface area contributed by atoms with Crippen molar-refractivity contribution < 1.29 is 14.6 Å². The van der Waals surface area contributed by atoms with Gasteiger partial charge in [0.25, 0.3) is 0 Å². The van der Waals surface area contributed by atoms with Crippen LogP contribution < -0.4 is 0 Å². The van der Waals surface area contributed by atoms with E-state index in [0.717, 1.165) is 11.1 Å². The van der Waals surface area contributed by atoms with Gasteiger partial charge in [-0.25, -0.2) is 4.79 Å². The Kier molecular flexibility index (Phi) is 3.20. The van der Waals surface area contributed by atoms with E-state index in [4.69, 9.17) is 9.84 Å². The molecule has 0 saturated carbocycles. The van der Waals surface area contributed by atoms with E-state index in [9.17, 15) is 4.79 Å². The molecular weight excluding hydrogens is 220 g/mol. The summed E-state index contributed by atoms with van der Waals surface area (Å²) in [7, 11) is 1.63. The maximum Gasteiger partial charge on any atom is 0.339 e. The summed E-state index contributed by atoms with van der Waals surface area (Å²) in [4.78, 5) is 10.9. The number of hydrogen-bond donors (Lipinski definition) is 2. The first-order valence-corrected chi connectivity index (χ1v) is 5.07. The molecule has 1 heterocycles. The molecule has 0 spiro atoms. The molecule has 0 radical (unpaired) electrons. The lowest BCUT2D eigenvalue weighted by Crippen LogP contribution is -1.97. The highest BCUT2D eigenvalue weighted by Crippen LogP contribution is 2.21. The first kappa shape index (κ1) is 11.3. The summed E-state index contributed by atoms with van der Waals surface area (Å²) >= 11 is 0. The number of carboxylic acids is 1. The van der Waals surface area contributed by atoms with E-state index in [0.29, 0.717) is 12.3 Å². The molecule has 17 heavy (non-hydrogen) atoms. The van der Waals surface area contributed by atoms with Crippen LogP contribution in [0.3, 0.4) is 0 Å². The SMILES string of the molecule is COCc1ccc(-c2[nH]ncc2C(=O)O)cc1. The predicted octanol–water partition coefficient (Wildman–Crippen LogP) is 1.92. The number of benzene rings is 1. The Balaban J connectivity index is 2.33. The Hall–Kier alpha value is -2.14. The number of ether oxygens (including phenoxy) is 1. The molecule has 0 atom stereocenters. The molecule has 0 amide bonds. The first-order valence-electron chi connectivity index (χ1n) is 5.07. The van der Waals surface area contributed by atoms with E-state index in [1.54, 1.807) is 7.11 Å². The van der Waals surface area contributed by atoms with Gasteiger partial charge in [0.15, 0.2) is 0 Å². The minimum atomic E-state index is -0.991. The number of aromatic nitrogens is 2. The highest BCUT2D eigenvalue weighted by Gasteiger charge is 2.13. The van der Waals surface area contributed by atoms with Gasteiger partial charge in [0.05, 0.1) is 18.5 Å². The van der Waals surface area contributed by atoms with Crippen LogP contribution in [0.5, 0.6) is 0 Å². The van der Waals surface area contributed by atoms with Crippen LogP contribution in [0.2, 0.25) is 0 Å². The third kappa shape index (κ3) is 2.34. The van der Waals surface area contributed by atoms with Gasteiger partial charge in [0.2, 0.25) is 0 Å². The van der Waals surface area contributed by atoms with E-state index in [1.165, 1.54) is 6.20 Å². The summed E-state index contributed by atoms with van der Waals surface area (Å²) in [6.45, 7) is 0.537. The topological polar surface area (TPSA) is 75.2 Å². The molecule has 5 heteroatoms. The summed E-state index contributed by atoms with van der Waals surface area (Å²) in [5.74, 6) is -0.991. The Morgan fingerprint density at radius 3 is 2.71 bits per heavy atom. The Morgan fingerprint density at radius 1 is 1.41 bits per heavy atom. The zero-order chi connectivity index (χ0) is 12.3. The second kappa shape index (κ2) is 4.80. The molecule has 1 aromatic heterocycles. The van der Waals surface area contributed by atoms with Gasteiger partial charge in [-0.05, 0) is 5.56 Å². The molecular formula is C12H12N2O3. The number of aromatic carboxylic acids is 1. The molecule has 0 aliphatic heterocycles. The number of H-pyrrole nitrogens is 1. The molecule has 0 bridgehead atoms. The highest BCUT2D eigenvalue weighted by molar-refractivity contribution is 5.94. The zero-order valence-electron chi connectivity index (χ0n) is 9.30. The van der Waals surface area contributed by atoms with Gasteiger partial charge >= 0.3 is 5.97 Å². The number of nitrogens with one attached hydrogen (secondary N) is 1. The van der Waals surface area contributed by atoms with Crippen LogP contribution in [0.4, 0.5) is 0 Å². The van der Waals surface area contributed by atoms with Crippen molar-refractivity contribution in [3.63, 3.8) is 0 Å². The van der Waals surface area contributed by atoms with Crippen molar-refractivity contribution in [2.24, 2.45) is 0 Å². The van der Waals surface area contributed by atoms with E-state index in [-0.39, 0.29) is 5.56 Å². The quantitative estimate of drug-likeness (QED) is 0.844. The molecule has 0 fully saturated rings. The van der Waals surface area contributed by atoms with Crippen molar-refractivity contribution in [3.05, 3.63) is 41.6 Å². The monoisotopic (exact) mass is 232 g/mol. The molecule has 0 saturated heterocycles. The Labute approximate surface area is 98.0 Å². The normalized spacial score (nSPS) is 10.4. The second-order valence-corrected chi connectivity index (χ2v) is 3.59. The number of rotatable bonds is 4. The van der Waals surface area contributed by atoms with Crippen LogP contribution in [0.15, 0.2) is 30.5 Å². The average Bonchev–Trinajstić information content (AvgIpc) is 2.79. The Morgan fingerprint density at radius 2 is 2.12 bits per heavy atom. The summed E-state index contributed by atoms with van der Waals surface area (Å²) in [5.41, 5.74) is 2.51.